The van der Waals surface area contributed by atoms with Crippen molar-refractivity contribution in [2.45, 2.75) is 38.3 Å². The Hall–Kier alpha value is -0.160. The van der Waals surface area contributed by atoms with Crippen LogP contribution in [0.4, 0.5) is 0 Å². The predicted octanol–water partition coefficient (Wildman–Crippen LogP) is 0.943. The van der Waals surface area contributed by atoms with Gasteiger partial charge in [0.25, 0.3) is 0 Å². The van der Waals surface area contributed by atoms with Crippen LogP contribution in [0.15, 0.2) is 0 Å². The number of epoxide rings is 2. The molecule has 0 saturated carbocycles. The first kappa shape index (κ1) is 10.4. The molecule has 0 bridgehead atoms. The molecule has 2 fully saturated rings. The average Bonchev–Trinajstić information content (AvgIpc) is 3.05. The van der Waals surface area contributed by atoms with E-state index in [0.717, 1.165) is 19.6 Å². The monoisotopic (exact) mass is 202 g/mol. The van der Waals surface area contributed by atoms with Crippen LogP contribution in [0.25, 0.3) is 0 Å². The maximum absolute atomic E-state index is 5.68. The van der Waals surface area contributed by atoms with Gasteiger partial charge in [0.05, 0.1) is 26.4 Å². The fourth-order valence-electron chi connectivity index (χ4n) is 1.11. The van der Waals surface area contributed by atoms with Crippen molar-refractivity contribution in [2.75, 3.05) is 26.4 Å². The Bertz CT molecular complexity index is 171. The van der Waals surface area contributed by atoms with Crippen molar-refractivity contribution >= 4 is 0 Å². The van der Waals surface area contributed by atoms with E-state index in [-0.39, 0.29) is 0 Å². The van der Waals surface area contributed by atoms with Gasteiger partial charge in [-0.05, 0) is 13.3 Å². The lowest BCUT2D eigenvalue weighted by atomic mass is 10.2. The molecule has 2 saturated heterocycles. The first-order chi connectivity index (χ1) is 6.72. The van der Waals surface area contributed by atoms with Crippen molar-refractivity contribution in [1.29, 1.82) is 0 Å². The van der Waals surface area contributed by atoms with E-state index in [9.17, 15) is 0 Å². The highest BCUT2D eigenvalue weighted by Gasteiger charge is 2.32. The topological polar surface area (TPSA) is 43.5 Å². The molecule has 4 nitrogen and oxygen atoms in total. The van der Waals surface area contributed by atoms with Gasteiger partial charge >= 0.3 is 0 Å². The van der Waals surface area contributed by atoms with E-state index < -0.39 is 5.79 Å². The molecule has 2 heterocycles. The van der Waals surface area contributed by atoms with Crippen molar-refractivity contribution in [3.05, 3.63) is 0 Å². The van der Waals surface area contributed by atoms with E-state index in [1.807, 2.05) is 6.92 Å². The zero-order chi connectivity index (χ0) is 10.0. The van der Waals surface area contributed by atoms with Crippen molar-refractivity contribution in [1.82, 2.24) is 0 Å². The third kappa shape index (κ3) is 3.20. The zero-order valence-corrected chi connectivity index (χ0v) is 8.82. The minimum atomic E-state index is -0.474. The van der Waals surface area contributed by atoms with Crippen LogP contribution in [0.1, 0.15) is 20.3 Å². The SMILES string of the molecule is CCC(C)(OCC1CO1)OCC1CO1. The summed E-state index contributed by atoms with van der Waals surface area (Å²) in [6, 6.07) is 0. The second kappa shape index (κ2) is 4.14. The summed E-state index contributed by atoms with van der Waals surface area (Å²) in [7, 11) is 0. The van der Waals surface area contributed by atoms with Gasteiger partial charge in [0.15, 0.2) is 5.79 Å². The van der Waals surface area contributed by atoms with Crippen LogP contribution in [0.5, 0.6) is 0 Å². The first-order valence-electron chi connectivity index (χ1n) is 5.23. The largest absolute Gasteiger partial charge is 0.371 e. The molecule has 2 aliphatic heterocycles. The third-order valence-electron chi connectivity index (χ3n) is 2.60. The maximum Gasteiger partial charge on any atom is 0.165 e. The Labute approximate surface area is 84.5 Å². The van der Waals surface area contributed by atoms with Crippen molar-refractivity contribution in [3.8, 4) is 0 Å². The highest BCUT2D eigenvalue weighted by atomic mass is 16.7. The normalized spacial score (nSPS) is 33.9. The van der Waals surface area contributed by atoms with Crippen LogP contribution in [-0.4, -0.2) is 44.4 Å². The molecule has 0 aliphatic carbocycles. The highest BCUT2D eigenvalue weighted by Crippen LogP contribution is 2.22. The summed E-state index contributed by atoms with van der Waals surface area (Å²) in [6.45, 7) is 6.95. The smallest absolute Gasteiger partial charge is 0.165 e. The Balaban J connectivity index is 1.67. The Morgan fingerprint density at radius 3 is 1.86 bits per heavy atom. The number of hydrogen-bond acceptors (Lipinski definition) is 4. The molecule has 0 radical (unpaired) electrons. The molecule has 0 aromatic carbocycles. The molecule has 2 unspecified atom stereocenters. The minimum absolute atomic E-state index is 0.293. The van der Waals surface area contributed by atoms with Crippen LogP contribution in [0.2, 0.25) is 0 Å². The van der Waals surface area contributed by atoms with Crippen LogP contribution >= 0.6 is 0 Å². The quantitative estimate of drug-likeness (QED) is 0.455. The highest BCUT2D eigenvalue weighted by molar-refractivity contribution is 4.73. The standard InChI is InChI=1S/C10H18O4/c1-3-10(2,13-6-8-4-11-8)14-7-9-5-12-9/h8-9H,3-7H2,1-2H3. The van der Waals surface area contributed by atoms with Crippen LogP contribution < -0.4 is 0 Å². The minimum Gasteiger partial charge on any atom is -0.371 e. The van der Waals surface area contributed by atoms with Gasteiger partial charge in [0, 0.05) is 0 Å². The lowest BCUT2D eigenvalue weighted by Crippen LogP contribution is -2.34. The van der Waals surface area contributed by atoms with Gasteiger partial charge in [-0.15, -0.1) is 0 Å². The van der Waals surface area contributed by atoms with Gasteiger partial charge in [-0.2, -0.15) is 0 Å². The predicted molar refractivity (Wildman–Crippen MR) is 50.1 cm³/mol. The van der Waals surface area contributed by atoms with E-state index in [2.05, 4.69) is 6.92 Å². The van der Waals surface area contributed by atoms with E-state index in [0.29, 0.717) is 25.4 Å². The Morgan fingerprint density at radius 2 is 1.57 bits per heavy atom. The molecular formula is C10H18O4. The number of hydrogen-bond donors (Lipinski definition) is 0. The van der Waals surface area contributed by atoms with Crippen molar-refractivity contribution < 1.29 is 18.9 Å². The third-order valence-corrected chi connectivity index (χ3v) is 2.60. The molecule has 14 heavy (non-hydrogen) atoms. The van der Waals surface area contributed by atoms with Crippen LogP contribution in [0, 0.1) is 0 Å². The van der Waals surface area contributed by atoms with E-state index >= 15 is 0 Å². The van der Waals surface area contributed by atoms with Crippen LogP contribution in [0.3, 0.4) is 0 Å². The summed E-state index contributed by atoms with van der Waals surface area (Å²) in [4.78, 5) is 0. The summed E-state index contributed by atoms with van der Waals surface area (Å²) in [6.07, 6.45) is 1.43. The van der Waals surface area contributed by atoms with E-state index in [1.165, 1.54) is 0 Å². The second-order valence-electron chi connectivity index (χ2n) is 4.02. The number of ether oxygens (including phenoxy) is 4. The zero-order valence-electron chi connectivity index (χ0n) is 8.82. The molecule has 0 spiro atoms. The molecule has 82 valence electrons. The maximum atomic E-state index is 5.68. The van der Waals surface area contributed by atoms with E-state index in [4.69, 9.17) is 18.9 Å². The van der Waals surface area contributed by atoms with Gasteiger partial charge in [-0.1, -0.05) is 6.92 Å². The van der Waals surface area contributed by atoms with Crippen molar-refractivity contribution in [2.24, 2.45) is 0 Å². The summed E-state index contributed by atoms with van der Waals surface area (Å²) >= 11 is 0. The molecular weight excluding hydrogens is 184 g/mol. The molecule has 4 heteroatoms. The molecule has 2 aliphatic rings. The molecule has 2 atom stereocenters. The summed E-state index contributed by atoms with van der Waals surface area (Å²) < 4.78 is 21.5. The van der Waals surface area contributed by atoms with Crippen molar-refractivity contribution in [3.63, 3.8) is 0 Å². The first-order valence-corrected chi connectivity index (χ1v) is 5.23. The fourth-order valence-corrected chi connectivity index (χ4v) is 1.11. The lowest BCUT2D eigenvalue weighted by molar-refractivity contribution is -0.230. The van der Waals surface area contributed by atoms with Gasteiger partial charge < -0.3 is 18.9 Å². The van der Waals surface area contributed by atoms with E-state index in [1.54, 1.807) is 0 Å². The van der Waals surface area contributed by atoms with Gasteiger partial charge in [-0.3, -0.25) is 0 Å². The molecule has 0 aromatic heterocycles. The van der Waals surface area contributed by atoms with Crippen LogP contribution in [-0.2, 0) is 18.9 Å². The summed E-state index contributed by atoms with van der Waals surface area (Å²) in [5, 5.41) is 0. The van der Waals surface area contributed by atoms with Gasteiger partial charge in [-0.25, -0.2) is 0 Å². The second-order valence-corrected chi connectivity index (χ2v) is 4.02. The molecule has 0 N–H and O–H groups in total. The number of rotatable bonds is 7. The lowest BCUT2D eigenvalue weighted by Gasteiger charge is -2.28. The molecule has 0 aromatic rings. The fraction of sp³-hybridized carbons (Fsp3) is 1.00. The van der Waals surface area contributed by atoms with Gasteiger partial charge in [0.1, 0.15) is 12.2 Å². The average molecular weight is 202 g/mol. The summed E-state index contributed by atoms with van der Waals surface area (Å²) in [5.41, 5.74) is 0. The van der Waals surface area contributed by atoms with Gasteiger partial charge in [0.2, 0.25) is 0 Å². The Morgan fingerprint density at radius 1 is 1.14 bits per heavy atom. The molecule has 0 amide bonds. The summed E-state index contributed by atoms with van der Waals surface area (Å²) in [5.74, 6) is -0.474. The Kier molecular flexibility index (Phi) is 3.07. The molecule has 2 rings (SSSR count).